The Hall–Kier alpha value is -1.55. The zero-order chi connectivity index (χ0) is 13.5. The van der Waals surface area contributed by atoms with Crippen LogP contribution in [-0.4, -0.2) is 36.3 Å². The largest absolute Gasteiger partial charge is 0.494 e. The Morgan fingerprint density at radius 2 is 2.20 bits per heavy atom. The Kier molecular flexibility index (Phi) is 2.91. The average molecular weight is 271 g/mol. The molecule has 5 rings (SSSR count). The third-order valence-corrected chi connectivity index (χ3v) is 4.82. The molecule has 0 saturated carbocycles. The number of hydrogen-bond donors (Lipinski definition) is 1. The quantitative estimate of drug-likeness (QED) is 0.915. The predicted octanol–water partition coefficient (Wildman–Crippen LogP) is 2.18. The third kappa shape index (κ3) is 1.82. The molecule has 2 atom stereocenters. The van der Waals surface area contributed by atoms with E-state index in [1.54, 1.807) is 0 Å². The third-order valence-electron chi connectivity index (χ3n) is 4.82. The highest BCUT2D eigenvalue weighted by Gasteiger charge is 2.46. The van der Waals surface area contributed by atoms with Gasteiger partial charge in [-0.1, -0.05) is 12.1 Å². The van der Waals surface area contributed by atoms with E-state index in [2.05, 4.69) is 33.6 Å². The van der Waals surface area contributed by atoms with Gasteiger partial charge in [0.2, 0.25) is 0 Å². The van der Waals surface area contributed by atoms with Crippen molar-refractivity contribution in [1.29, 1.82) is 0 Å². The maximum atomic E-state index is 5.63. The standard InChI is InChI=1S/C16H21N3O/c1-2-20-13-5-3-4-12(10-13)15-16-14(17-18-15)11-6-8-19(16)9-7-11/h3-5,10-11,15-16,18H,2,6-9H2,1H3. The highest BCUT2D eigenvalue weighted by molar-refractivity contribution is 5.95. The molecule has 2 unspecified atom stereocenters. The predicted molar refractivity (Wildman–Crippen MR) is 79.0 cm³/mol. The Bertz CT molecular complexity index is 534. The van der Waals surface area contributed by atoms with Gasteiger partial charge in [0.25, 0.3) is 0 Å². The second-order valence-corrected chi connectivity index (χ2v) is 5.90. The molecule has 0 radical (unpaired) electrons. The zero-order valence-electron chi connectivity index (χ0n) is 11.9. The first kappa shape index (κ1) is 12.2. The highest BCUT2D eigenvalue weighted by atomic mass is 16.5. The van der Waals surface area contributed by atoms with E-state index in [1.807, 2.05) is 13.0 Å². The number of rotatable bonds is 3. The normalized spacial score (nSPS) is 34.4. The van der Waals surface area contributed by atoms with E-state index in [-0.39, 0.29) is 6.04 Å². The molecular formula is C16H21N3O. The summed E-state index contributed by atoms with van der Waals surface area (Å²) in [4.78, 5) is 2.59. The maximum Gasteiger partial charge on any atom is 0.119 e. The molecule has 0 amide bonds. The average Bonchev–Trinajstić information content (AvgIpc) is 2.96. The minimum atomic E-state index is 0.286. The zero-order valence-corrected chi connectivity index (χ0v) is 11.9. The lowest BCUT2D eigenvalue weighted by molar-refractivity contribution is 0.133. The summed E-state index contributed by atoms with van der Waals surface area (Å²) in [6.45, 7) is 5.17. The van der Waals surface area contributed by atoms with E-state index in [4.69, 9.17) is 4.74 Å². The summed E-state index contributed by atoms with van der Waals surface area (Å²) in [7, 11) is 0. The van der Waals surface area contributed by atoms with Crippen molar-refractivity contribution in [2.45, 2.75) is 31.8 Å². The minimum Gasteiger partial charge on any atom is -0.494 e. The van der Waals surface area contributed by atoms with Gasteiger partial charge in [0.05, 0.1) is 24.4 Å². The van der Waals surface area contributed by atoms with Crippen molar-refractivity contribution in [1.82, 2.24) is 10.3 Å². The number of nitrogens with zero attached hydrogens (tertiary/aromatic N) is 2. The van der Waals surface area contributed by atoms with Gasteiger partial charge < -0.3 is 10.2 Å². The molecule has 4 heteroatoms. The molecule has 3 saturated heterocycles. The SMILES string of the molecule is CCOc1cccc(C2NN=C3C4CCN(CC4)C32)c1. The second-order valence-electron chi connectivity index (χ2n) is 5.90. The van der Waals surface area contributed by atoms with Gasteiger partial charge in [-0.15, -0.1) is 0 Å². The lowest BCUT2D eigenvalue weighted by atomic mass is 9.78. The van der Waals surface area contributed by atoms with Crippen LogP contribution in [-0.2, 0) is 0 Å². The number of piperidine rings is 3. The van der Waals surface area contributed by atoms with E-state index in [0.29, 0.717) is 18.6 Å². The number of nitrogens with one attached hydrogen (secondary N) is 1. The molecule has 0 aliphatic carbocycles. The summed E-state index contributed by atoms with van der Waals surface area (Å²) in [5.41, 5.74) is 6.04. The van der Waals surface area contributed by atoms with Crippen LogP contribution >= 0.6 is 0 Å². The fourth-order valence-electron chi connectivity index (χ4n) is 3.88. The molecule has 4 heterocycles. The van der Waals surface area contributed by atoms with Crippen LogP contribution in [0.15, 0.2) is 29.4 Å². The molecule has 106 valence electrons. The van der Waals surface area contributed by atoms with E-state index < -0.39 is 0 Å². The Balaban J connectivity index is 1.62. The van der Waals surface area contributed by atoms with Crippen molar-refractivity contribution in [3.63, 3.8) is 0 Å². The molecule has 4 aliphatic heterocycles. The van der Waals surface area contributed by atoms with Crippen molar-refractivity contribution in [3.05, 3.63) is 29.8 Å². The fraction of sp³-hybridized carbons (Fsp3) is 0.562. The van der Waals surface area contributed by atoms with Crippen molar-refractivity contribution in [3.8, 4) is 5.75 Å². The van der Waals surface area contributed by atoms with Gasteiger partial charge in [0, 0.05) is 5.92 Å². The Labute approximate surface area is 119 Å². The highest BCUT2D eigenvalue weighted by Crippen LogP contribution is 2.39. The van der Waals surface area contributed by atoms with E-state index in [0.717, 1.165) is 5.75 Å². The van der Waals surface area contributed by atoms with Crippen molar-refractivity contribution in [2.24, 2.45) is 11.0 Å². The van der Waals surface area contributed by atoms with Gasteiger partial charge >= 0.3 is 0 Å². The molecule has 0 spiro atoms. The molecule has 1 aromatic carbocycles. The van der Waals surface area contributed by atoms with Gasteiger partial charge in [-0.2, -0.15) is 5.10 Å². The number of fused-ring (bicyclic) bond motifs is 2. The minimum absolute atomic E-state index is 0.286. The van der Waals surface area contributed by atoms with Crippen LogP contribution in [0, 0.1) is 5.92 Å². The van der Waals surface area contributed by atoms with Crippen LogP contribution in [0.1, 0.15) is 31.4 Å². The monoisotopic (exact) mass is 271 g/mol. The summed E-state index contributed by atoms with van der Waals surface area (Å²) < 4.78 is 5.63. The van der Waals surface area contributed by atoms with Crippen LogP contribution in [0.4, 0.5) is 0 Å². The summed E-state index contributed by atoms with van der Waals surface area (Å²) >= 11 is 0. The van der Waals surface area contributed by atoms with Crippen LogP contribution in [0.3, 0.4) is 0 Å². The van der Waals surface area contributed by atoms with Crippen LogP contribution in [0.2, 0.25) is 0 Å². The van der Waals surface area contributed by atoms with Crippen LogP contribution < -0.4 is 10.2 Å². The first-order valence-electron chi connectivity index (χ1n) is 7.66. The first-order chi connectivity index (χ1) is 9.86. The molecule has 1 aromatic rings. The molecule has 20 heavy (non-hydrogen) atoms. The maximum absolute atomic E-state index is 5.63. The lowest BCUT2D eigenvalue weighted by Crippen LogP contribution is -2.56. The molecule has 2 bridgehead atoms. The molecule has 4 nitrogen and oxygen atoms in total. The van der Waals surface area contributed by atoms with Gasteiger partial charge in [0.15, 0.2) is 0 Å². The van der Waals surface area contributed by atoms with Crippen LogP contribution in [0.25, 0.3) is 0 Å². The molecule has 4 aliphatic rings. The Morgan fingerprint density at radius 1 is 1.35 bits per heavy atom. The molecular weight excluding hydrogens is 250 g/mol. The first-order valence-corrected chi connectivity index (χ1v) is 7.66. The van der Waals surface area contributed by atoms with E-state index in [9.17, 15) is 0 Å². The smallest absolute Gasteiger partial charge is 0.119 e. The van der Waals surface area contributed by atoms with Crippen LogP contribution in [0.5, 0.6) is 5.75 Å². The van der Waals surface area contributed by atoms with Gasteiger partial charge in [-0.25, -0.2) is 0 Å². The summed E-state index contributed by atoms with van der Waals surface area (Å²) in [5.74, 6) is 1.66. The van der Waals surface area contributed by atoms with Gasteiger partial charge in [-0.3, -0.25) is 4.90 Å². The van der Waals surface area contributed by atoms with E-state index >= 15 is 0 Å². The number of hydrazone groups is 1. The Morgan fingerprint density at radius 3 is 3.00 bits per heavy atom. The van der Waals surface area contributed by atoms with Crippen molar-refractivity contribution in [2.75, 3.05) is 19.7 Å². The molecule has 3 fully saturated rings. The second kappa shape index (κ2) is 4.77. The lowest BCUT2D eigenvalue weighted by Gasteiger charge is -2.45. The fourth-order valence-corrected chi connectivity index (χ4v) is 3.88. The summed E-state index contributed by atoms with van der Waals surface area (Å²) in [6.07, 6.45) is 2.56. The van der Waals surface area contributed by atoms with Crippen molar-refractivity contribution >= 4 is 5.71 Å². The van der Waals surface area contributed by atoms with Gasteiger partial charge in [-0.05, 0) is 50.6 Å². The number of hydrogen-bond acceptors (Lipinski definition) is 4. The number of benzene rings is 1. The van der Waals surface area contributed by atoms with Crippen molar-refractivity contribution < 1.29 is 4.74 Å². The summed E-state index contributed by atoms with van der Waals surface area (Å²) in [5, 5.41) is 4.66. The summed E-state index contributed by atoms with van der Waals surface area (Å²) in [6, 6.07) is 9.19. The topological polar surface area (TPSA) is 36.9 Å². The van der Waals surface area contributed by atoms with E-state index in [1.165, 1.54) is 37.2 Å². The molecule has 0 aromatic heterocycles. The van der Waals surface area contributed by atoms with Gasteiger partial charge in [0.1, 0.15) is 5.75 Å². The molecule has 1 N–H and O–H groups in total. The number of ether oxygens (including phenoxy) is 1.